The fourth-order valence-corrected chi connectivity index (χ4v) is 4.24. The Balaban J connectivity index is 1.61. The maximum absolute atomic E-state index is 11.3. The first-order valence-electron chi connectivity index (χ1n) is 11.0. The van der Waals surface area contributed by atoms with Gasteiger partial charge in [-0.3, -0.25) is 4.79 Å². The number of anilines is 3. The topological polar surface area (TPSA) is 122 Å². The molecule has 4 aromatic rings. The van der Waals surface area contributed by atoms with Crippen molar-refractivity contribution in [1.82, 2.24) is 14.5 Å². The van der Waals surface area contributed by atoms with Gasteiger partial charge in [0.1, 0.15) is 30.0 Å². The summed E-state index contributed by atoms with van der Waals surface area (Å²) in [6, 6.07) is 17.1. The van der Waals surface area contributed by atoms with Crippen molar-refractivity contribution < 1.29 is 19.7 Å². The molecule has 0 bridgehead atoms. The number of aromatic nitrogens is 3. The molecule has 0 unspecified atom stereocenters. The smallest absolute Gasteiger partial charge is 0.221 e. The molecule has 5 rings (SSSR count). The van der Waals surface area contributed by atoms with Crippen LogP contribution in [0.4, 0.5) is 17.2 Å². The van der Waals surface area contributed by atoms with Crippen LogP contribution in [0.1, 0.15) is 20.1 Å². The molecule has 174 valence electrons. The van der Waals surface area contributed by atoms with Gasteiger partial charge in [-0.15, -0.1) is 0 Å². The van der Waals surface area contributed by atoms with Gasteiger partial charge in [-0.05, 0) is 36.8 Å². The number of nitrogens with zero attached hydrogens (tertiary/aromatic N) is 3. The summed E-state index contributed by atoms with van der Waals surface area (Å²) in [5.41, 5.74) is 3.85. The molecule has 1 fully saturated rings. The maximum Gasteiger partial charge on any atom is 0.221 e. The second-order valence-corrected chi connectivity index (χ2v) is 8.33. The normalized spacial score (nSPS) is 22.1. The van der Waals surface area contributed by atoms with Crippen molar-refractivity contribution >= 4 is 34.1 Å². The predicted octanol–water partition coefficient (Wildman–Crippen LogP) is 3.44. The lowest BCUT2D eigenvalue weighted by atomic mass is 10.1. The number of amides is 1. The molecule has 2 aromatic heterocycles. The molecule has 4 atom stereocenters. The van der Waals surface area contributed by atoms with E-state index in [-0.39, 0.29) is 5.91 Å². The van der Waals surface area contributed by atoms with Crippen LogP contribution in [-0.2, 0) is 9.53 Å². The Hall–Kier alpha value is -3.79. The van der Waals surface area contributed by atoms with Crippen molar-refractivity contribution in [2.45, 2.75) is 38.4 Å². The van der Waals surface area contributed by atoms with Crippen LogP contribution in [0.3, 0.4) is 0 Å². The second-order valence-electron chi connectivity index (χ2n) is 8.33. The van der Waals surface area contributed by atoms with Crippen LogP contribution in [0, 0.1) is 0 Å². The van der Waals surface area contributed by atoms with Gasteiger partial charge in [0.05, 0.1) is 11.5 Å². The van der Waals surface area contributed by atoms with Crippen LogP contribution < -0.4 is 10.6 Å². The largest absolute Gasteiger partial charge is 0.388 e. The maximum atomic E-state index is 11.3. The summed E-state index contributed by atoms with van der Waals surface area (Å²) in [6.45, 7) is 3.19. The Bertz CT molecular complexity index is 1320. The molecule has 0 aliphatic carbocycles. The van der Waals surface area contributed by atoms with E-state index in [1.165, 1.54) is 13.3 Å². The summed E-state index contributed by atoms with van der Waals surface area (Å²) in [5.74, 6) is 0.443. The van der Waals surface area contributed by atoms with Crippen LogP contribution in [0.25, 0.3) is 22.2 Å². The van der Waals surface area contributed by atoms with Crippen LogP contribution in [-0.4, -0.2) is 49.0 Å². The number of benzene rings is 2. The first kappa shape index (κ1) is 22.0. The zero-order valence-electron chi connectivity index (χ0n) is 18.7. The van der Waals surface area contributed by atoms with E-state index in [1.807, 2.05) is 48.7 Å². The highest BCUT2D eigenvalue weighted by Crippen LogP contribution is 2.39. The average molecular weight is 460 g/mol. The first-order valence-corrected chi connectivity index (χ1v) is 11.0. The average Bonchev–Trinajstić information content (AvgIpc) is 3.34. The summed E-state index contributed by atoms with van der Waals surface area (Å²) in [6.07, 6.45) is -0.0730. The number of nitrogens with one attached hydrogen (secondary N) is 2. The molecule has 1 saturated heterocycles. The van der Waals surface area contributed by atoms with Gasteiger partial charge in [-0.25, -0.2) is 9.97 Å². The molecule has 0 saturated carbocycles. The Morgan fingerprint density at radius 3 is 2.35 bits per heavy atom. The Labute approximate surface area is 196 Å². The highest BCUT2D eigenvalue weighted by atomic mass is 16.6. The highest BCUT2D eigenvalue weighted by molar-refractivity contribution is 6.02. The van der Waals surface area contributed by atoms with Gasteiger partial charge < -0.3 is 30.2 Å². The summed E-state index contributed by atoms with van der Waals surface area (Å²) < 4.78 is 7.63. The van der Waals surface area contributed by atoms with E-state index in [1.54, 1.807) is 23.6 Å². The van der Waals surface area contributed by atoms with Crippen LogP contribution in [0.5, 0.6) is 0 Å². The number of aliphatic hydroxyl groups is 2. The summed E-state index contributed by atoms with van der Waals surface area (Å²) in [4.78, 5) is 20.3. The van der Waals surface area contributed by atoms with Crippen molar-refractivity contribution in [2.24, 2.45) is 0 Å². The molecule has 0 spiro atoms. The molecular weight excluding hydrogens is 434 g/mol. The van der Waals surface area contributed by atoms with E-state index >= 15 is 0 Å². The molecule has 0 radical (unpaired) electrons. The molecule has 9 heteroatoms. The van der Waals surface area contributed by atoms with Gasteiger partial charge in [-0.1, -0.05) is 30.3 Å². The van der Waals surface area contributed by atoms with E-state index in [0.29, 0.717) is 17.2 Å². The molecule has 3 heterocycles. The minimum Gasteiger partial charge on any atom is -0.388 e. The quantitative estimate of drug-likeness (QED) is 0.361. The van der Waals surface area contributed by atoms with Crippen molar-refractivity contribution in [1.29, 1.82) is 0 Å². The lowest BCUT2D eigenvalue weighted by molar-refractivity contribution is -0.114. The number of aliphatic hydroxyl groups excluding tert-OH is 2. The third-order valence-corrected chi connectivity index (χ3v) is 5.91. The van der Waals surface area contributed by atoms with Crippen LogP contribution in [0.2, 0.25) is 0 Å². The van der Waals surface area contributed by atoms with E-state index < -0.39 is 24.5 Å². The number of hydrogen-bond acceptors (Lipinski definition) is 7. The molecule has 34 heavy (non-hydrogen) atoms. The molecule has 2 aromatic carbocycles. The lowest BCUT2D eigenvalue weighted by Crippen LogP contribution is -2.30. The Morgan fingerprint density at radius 1 is 1.00 bits per heavy atom. The Kier molecular flexibility index (Phi) is 5.74. The van der Waals surface area contributed by atoms with Gasteiger partial charge in [0, 0.05) is 30.1 Å². The summed E-state index contributed by atoms with van der Waals surface area (Å²) in [5, 5.41) is 27.7. The van der Waals surface area contributed by atoms with Crippen molar-refractivity contribution in [3.63, 3.8) is 0 Å². The van der Waals surface area contributed by atoms with Crippen LogP contribution in [0.15, 0.2) is 67.1 Å². The number of rotatable bonds is 5. The first-order chi connectivity index (χ1) is 16.4. The summed E-state index contributed by atoms with van der Waals surface area (Å²) >= 11 is 0. The van der Waals surface area contributed by atoms with Crippen molar-refractivity contribution in [2.75, 3.05) is 10.6 Å². The second kappa shape index (κ2) is 8.86. The minimum atomic E-state index is -1.10. The SMILES string of the molecule is CC(=O)Nc1ccc(Nc2ncnc3c2c(-c2ccccc2)cn3[C@@H]2O[C@H](C)[C@@H](O)[C@H]2O)cc1. The molecule has 1 amide bonds. The number of carbonyl (C=O) groups is 1. The van der Waals surface area contributed by atoms with Gasteiger partial charge in [0.15, 0.2) is 6.23 Å². The lowest BCUT2D eigenvalue weighted by Gasteiger charge is -2.17. The fraction of sp³-hybridized carbons (Fsp3) is 0.240. The van der Waals surface area contributed by atoms with Crippen LogP contribution >= 0.6 is 0 Å². The van der Waals surface area contributed by atoms with Gasteiger partial charge in [0.2, 0.25) is 5.91 Å². The van der Waals surface area contributed by atoms with E-state index in [4.69, 9.17) is 4.74 Å². The number of fused-ring (bicyclic) bond motifs is 1. The van der Waals surface area contributed by atoms with Crippen molar-refractivity contribution in [3.8, 4) is 11.1 Å². The van der Waals surface area contributed by atoms with Gasteiger partial charge >= 0.3 is 0 Å². The monoisotopic (exact) mass is 459 g/mol. The highest BCUT2D eigenvalue weighted by Gasteiger charge is 2.42. The summed E-state index contributed by atoms with van der Waals surface area (Å²) in [7, 11) is 0. The minimum absolute atomic E-state index is 0.136. The molecule has 1 aliphatic rings. The molecule has 4 N–H and O–H groups in total. The number of carbonyl (C=O) groups excluding carboxylic acids is 1. The van der Waals surface area contributed by atoms with Crippen molar-refractivity contribution in [3.05, 3.63) is 67.1 Å². The van der Waals surface area contributed by atoms with E-state index in [2.05, 4.69) is 20.6 Å². The Morgan fingerprint density at radius 2 is 1.71 bits per heavy atom. The standard InChI is InChI=1S/C25H25N5O4/c1-14-21(32)22(33)25(34-14)30-12-19(16-6-4-3-5-7-16)20-23(26-13-27-24(20)30)29-18-10-8-17(9-11-18)28-15(2)31/h3-14,21-22,25,32-33H,1-2H3,(H,28,31)(H,26,27,29)/t14-,21-,22-,25-/m1/s1. The zero-order chi connectivity index (χ0) is 23.8. The third kappa shape index (κ3) is 4.01. The third-order valence-electron chi connectivity index (χ3n) is 5.91. The number of ether oxygens (including phenoxy) is 1. The van der Waals surface area contributed by atoms with Gasteiger partial charge in [0.25, 0.3) is 0 Å². The van der Waals surface area contributed by atoms with Gasteiger partial charge in [-0.2, -0.15) is 0 Å². The van der Waals surface area contributed by atoms with E-state index in [0.717, 1.165) is 22.2 Å². The molecule has 9 nitrogen and oxygen atoms in total. The number of hydrogen-bond donors (Lipinski definition) is 4. The zero-order valence-corrected chi connectivity index (χ0v) is 18.7. The fourth-order valence-electron chi connectivity index (χ4n) is 4.24. The predicted molar refractivity (Wildman–Crippen MR) is 129 cm³/mol. The van der Waals surface area contributed by atoms with E-state index in [9.17, 15) is 15.0 Å². The molecule has 1 aliphatic heterocycles. The molecular formula is C25H25N5O4.